The fourth-order valence-corrected chi connectivity index (χ4v) is 4.82. The van der Waals surface area contributed by atoms with E-state index in [4.69, 9.17) is 14.3 Å². The van der Waals surface area contributed by atoms with Gasteiger partial charge in [-0.15, -0.1) is 0 Å². The third-order valence-electron chi connectivity index (χ3n) is 4.79. The molecule has 35 heavy (non-hydrogen) atoms. The molecular weight excluding hydrogens is 487 g/mol. The number of carboxylic acid groups (broad SMARTS) is 1. The number of aliphatic carboxylic acids is 1. The highest BCUT2D eigenvalue weighted by Gasteiger charge is 2.35. The number of rotatable bonds is 9. The fraction of sp³-hybridized carbons (Fsp3) is 0.208. The van der Waals surface area contributed by atoms with Crippen molar-refractivity contribution >= 4 is 27.8 Å². The minimum absolute atomic E-state index is 0.0783. The van der Waals surface area contributed by atoms with Crippen molar-refractivity contribution in [1.29, 1.82) is 0 Å². The van der Waals surface area contributed by atoms with Gasteiger partial charge in [-0.1, -0.05) is 24.3 Å². The van der Waals surface area contributed by atoms with Crippen LogP contribution in [-0.2, 0) is 27.6 Å². The standard InChI is InChI=1S/C24H22F3NO6S/c1-16(2)28(35(31,32)23-4-3-13-33-23)20-11-10-19(24(25,26)27)14-21(20)34-15-18-7-5-17(6-8-18)9-12-22(29)30/h3-14,16H,15H2,1-2H3,(H,29,30). The van der Waals surface area contributed by atoms with Gasteiger partial charge in [0.25, 0.3) is 10.0 Å². The quantitative estimate of drug-likeness (QED) is 0.379. The lowest BCUT2D eigenvalue weighted by Gasteiger charge is -2.29. The third kappa shape index (κ3) is 6.24. The molecule has 11 heteroatoms. The molecule has 186 valence electrons. The summed E-state index contributed by atoms with van der Waals surface area (Å²) >= 11 is 0. The molecule has 1 N–H and O–H groups in total. The van der Waals surface area contributed by atoms with Gasteiger partial charge in [0, 0.05) is 12.1 Å². The van der Waals surface area contributed by atoms with E-state index in [0.29, 0.717) is 11.1 Å². The molecular formula is C24H22F3NO6S. The number of anilines is 1. The van der Waals surface area contributed by atoms with Crippen LogP contribution < -0.4 is 9.04 Å². The maximum Gasteiger partial charge on any atom is 0.416 e. The van der Waals surface area contributed by atoms with Crippen molar-refractivity contribution in [3.05, 3.63) is 83.6 Å². The highest BCUT2D eigenvalue weighted by Crippen LogP contribution is 2.39. The molecule has 3 rings (SSSR count). The summed E-state index contributed by atoms with van der Waals surface area (Å²) in [6.07, 6.45) is -1.12. The Kier molecular flexibility index (Phi) is 7.59. The number of benzene rings is 2. The largest absolute Gasteiger partial charge is 0.487 e. The summed E-state index contributed by atoms with van der Waals surface area (Å²) in [5.74, 6) is -1.38. The van der Waals surface area contributed by atoms with Gasteiger partial charge in [0.2, 0.25) is 5.09 Å². The van der Waals surface area contributed by atoms with Crippen molar-refractivity contribution in [2.24, 2.45) is 0 Å². The number of halogens is 3. The molecule has 1 heterocycles. The third-order valence-corrected chi connectivity index (χ3v) is 6.67. The summed E-state index contributed by atoms with van der Waals surface area (Å²) in [5, 5.41) is 8.35. The molecule has 3 aromatic rings. The van der Waals surface area contributed by atoms with E-state index in [1.807, 2.05) is 0 Å². The van der Waals surface area contributed by atoms with Gasteiger partial charge in [0.1, 0.15) is 12.4 Å². The Labute approximate surface area is 200 Å². The molecule has 0 unspecified atom stereocenters. The minimum atomic E-state index is -4.67. The van der Waals surface area contributed by atoms with E-state index in [9.17, 15) is 26.4 Å². The number of nitrogens with zero attached hydrogens (tertiary/aromatic N) is 1. The van der Waals surface area contributed by atoms with E-state index >= 15 is 0 Å². The fourth-order valence-electron chi connectivity index (χ4n) is 3.23. The van der Waals surface area contributed by atoms with Crippen LogP contribution in [0.15, 0.2) is 76.4 Å². The summed E-state index contributed by atoms with van der Waals surface area (Å²) in [6, 6.07) is 11.0. The van der Waals surface area contributed by atoms with E-state index in [1.54, 1.807) is 38.1 Å². The number of sulfonamides is 1. The predicted octanol–water partition coefficient (Wildman–Crippen LogP) is 5.58. The maximum atomic E-state index is 13.4. The van der Waals surface area contributed by atoms with Crippen LogP contribution in [0.3, 0.4) is 0 Å². The van der Waals surface area contributed by atoms with Gasteiger partial charge in [-0.3, -0.25) is 4.31 Å². The summed E-state index contributed by atoms with van der Waals surface area (Å²) in [7, 11) is -4.23. The second-order valence-electron chi connectivity index (χ2n) is 7.71. The van der Waals surface area contributed by atoms with Crippen LogP contribution in [0.25, 0.3) is 6.08 Å². The van der Waals surface area contributed by atoms with Gasteiger partial charge in [0.15, 0.2) is 0 Å². The van der Waals surface area contributed by atoms with E-state index < -0.39 is 33.8 Å². The lowest BCUT2D eigenvalue weighted by molar-refractivity contribution is -0.137. The van der Waals surface area contributed by atoms with Crippen molar-refractivity contribution in [2.75, 3.05) is 4.31 Å². The molecule has 0 saturated heterocycles. The zero-order valence-electron chi connectivity index (χ0n) is 18.7. The van der Waals surface area contributed by atoms with Crippen LogP contribution in [0.5, 0.6) is 5.75 Å². The van der Waals surface area contributed by atoms with Crippen molar-refractivity contribution in [3.63, 3.8) is 0 Å². The molecule has 0 aliphatic carbocycles. The zero-order chi connectivity index (χ0) is 25.8. The Morgan fingerprint density at radius 2 is 1.83 bits per heavy atom. The molecule has 0 radical (unpaired) electrons. The Hall–Kier alpha value is -3.73. The van der Waals surface area contributed by atoms with Crippen molar-refractivity contribution in [2.45, 2.75) is 37.8 Å². The van der Waals surface area contributed by atoms with Gasteiger partial charge in [0.05, 0.1) is 17.5 Å². The summed E-state index contributed by atoms with van der Waals surface area (Å²) in [6.45, 7) is 2.99. The molecule has 0 atom stereocenters. The first-order valence-electron chi connectivity index (χ1n) is 10.3. The van der Waals surface area contributed by atoms with Gasteiger partial charge in [-0.05, 0) is 61.4 Å². The Morgan fingerprint density at radius 3 is 2.37 bits per heavy atom. The number of hydrogen-bond acceptors (Lipinski definition) is 5. The molecule has 0 spiro atoms. The molecule has 0 aliphatic heterocycles. The average molecular weight is 510 g/mol. The highest BCUT2D eigenvalue weighted by molar-refractivity contribution is 7.92. The second-order valence-corrected chi connectivity index (χ2v) is 9.45. The predicted molar refractivity (Wildman–Crippen MR) is 122 cm³/mol. The number of hydrogen-bond donors (Lipinski definition) is 1. The normalized spacial score (nSPS) is 12.3. The summed E-state index contributed by atoms with van der Waals surface area (Å²) in [5.41, 5.74) is 0.104. The van der Waals surface area contributed by atoms with E-state index in [1.165, 1.54) is 24.5 Å². The SMILES string of the molecule is CC(C)N(c1ccc(C(F)(F)F)cc1OCc1ccc(C=CC(=O)O)cc1)S(=O)(=O)c1ccco1. The number of alkyl halides is 3. The summed E-state index contributed by atoms with van der Waals surface area (Å²) in [4.78, 5) is 10.6. The van der Waals surface area contributed by atoms with E-state index in [0.717, 1.165) is 28.6 Å². The first kappa shape index (κ1) is 25.9. The van der Waals surface area contributed by atoms with E-state index in [-0.39, 0.29) is 23.1 Å². The lowest BCUT2D eigenvalue weighted by atomic mass is 10.1. The van der Waals surface area contributed by atoms with Crippen molar-refractivity contribution < 1.29 is 40.6 Å². The Morgan fingerprint density at radius 1 is 1.14 bits per heavy atom. The second kappa shape index (κ2) is 10.3. The number of ether oxygens (including phenoxy) is 1. The minimum Gasteiger partial charge on any atom is -0.487 e. The first-order valence-corrected chi connectivity index (χ1v) is 11.8. The molecule has 0 bridgehead atoms. The van der Waals surface area contributed by atoms with Gasteiger partial charge in [-0.25, -0.2) is 4.79 Å². The number of carboxylic acids is 1. The Bertz CT molecular complexity index is 1300. The first-order chi connectivity index (χ1) is 16.4. The van der Waals surface area contributed by atoms with Crippen LogP contribution >= 0.6 is 0 Å². The molecule has 0 saturated carbocycles. The van der Waals surface area contributed by atoms with Crippen LogP contribution in [0.1, 0.15) is 30.5 Å². The molecule has 1 aromatic heterocycles. The van der Waals surface area contributed by atoms with Gasteiger partial charge < -0.3 is 14.3 Å². The van der Waals surface area contributed by atoms with Crippen LogP contribution in [0, 0.1) is 0 Å². The lowest BCUT2D eigenvalue weighted by Crippen LogP contribution is -2.37. The monoisotopic (exact) mass is 509 g/mol. The van der Waals surface area contributed by atoms with Gasteiger partial charge >= 0.3 is 12.1 Å². The number of furan rings is 1. The van der Waals surface area contributed by atoms with Crippen LogP contribution in [-0.4, -0.2) is 25.5 Å². The van der Waals surface area contributed by atoms with E-state index in [2.05, 4.69) is 0 Å². The van der Waals surface area contributed by atoms with Crippen LogP contribution in [0.2, 0.25) is 0 Å². The van der Waals surface area contributed by atoms with Crippen molar-refractivity contribution in [3.8, 4) is 5.75 Å². The highest BCUT2D eigenvalue weighted by atomic mass is 32.2. The average Bonchev–Trinajstić information content (AvgIpc) is 3.32. The molecule has 0 fully saturated rings. The summed E-state index contributed by atoms with van der Waals surface area (Å²) < 4.78 is 78.3. The van der Waals surface area contributed by atoms with Crippen molar-refractivity contribution in [1.82, 2.24) is 0 Å². The topological polar surface area (TPSA) is 97.0 Å². The Balaban J connectivity index is 1.98. The molecule has 0 amide bonds. The number of carbonyl (C=O) groups is 1. The smallest absolute Gasteiger partial charge is 0.416 e. The maximum absolute atomic E-state index is 13.4. The van der Waals surface area contributed by atoms with Gasteiger partial charge in [-0.2, -0.15) is 21.6 Å². The molecule has 7 nitrogen and oxygen atoms in total. The van der Waals surface area contributed by atoms with Crippen LogP contribution in [0.4, 0.5) is 18.9 Å². The zero-order valence-corrected chi connectivity index (χ0v) is 19.5. The molecule has 0 aliphatic rings. The molecule has 2 aromatic carbocycles.